The highest BCUT2D eigenvalue weighted by Gasteiger charge is 2.32. The van der Waals surface area contributed by atoms with Gasteiger partial charge in [0.05, 0.1) is 11.0 Å². The van der Waals surface area contributed by atoms with Crippen molar-refractivity contribution in [2.24, 2.45) is 19.9 Å². The van der Waals surface area contributed by atoms with Crippen molar-refractivity contribution in [3.05, 3.63) is 112 Å². The lowest BCUT2D eigenvalue weighted by molar-refractivity contribution is -0.135. The minimum Gasteiger partial charge on any atom is -0.384 e. The Balaban J connectivity index is 0.681. The predicted molar refractivity (Wildman–Crippen MR) is 256 cm³/mol. The molecule has 4 aliphatic heterocycles. The molecule has 15 heteroatoms. The number of aryl methyl sites for hydroxylation is 2. The Morgan fingerprint density at radius 1 is 0.833 bits per heavy atom. The number of imide groups is 1. The Morgan fingerprint density at radius 3 is 2.30 bits per heavy atom. The van der Waals surface area contributed by atoms with Crippen LogP contribution in [0.3, 0.4) is 0 Å². The van der Waals surface area contributed by atoms with Crippen LogP contribution < -0.4 is 16.7 Å². The molecule has 3 N–H and O–H groups in total. The first kappa shape index (κ1) is 40.1. The number of nitrogens with zero attached hydrogens (tertiary/aromatic N) is 9. The Labute approximate surface area is 389 Å². The van der Waals surface area contributed by atoms with Gasteiger partial charge >= 0.3 is 5.69 Å². The van der Waals surface area contributed by atoms with E-state index in [-0.39, 0.29) is 30.3 Å². The molecule has 0 aliphatic carbocycles. The van der Waals surface area contributed by atoms with E-state index in [1.54, 1.807) is 12.1 Å². The van der Waals surface area contributed by atoms with Gasteiger partial charge in [-0.05, 0) is 129 Å². The van der Waals surface area contributed by atoms with Crippen molar-refractivity contribution in [2.75, 3.05) is 64.6 Å². The first-order chi connectivity index (χ1) is 33.2. The maximum absolute atomic E-state index is 13.7. The van der Waals surface area contributed by atoms with Gasteiger partial charge in [-0.15, -0.1) is 0 Å². The Hall–Kier alpha value is -6.16. The van der Waals surface area contributed by atoms with Gasteiger partial charge in [0.15, 0.2) is 0 Å². The van der Waals surface area contributed by atoms with E-state index in [0.29, 0.717) is 29.7 Å². The van der Waals surface area contributed by atoms with Crippen molar-refractivity contribution in [3.8, 4) is 11.1 Å². The Bertz CT molecular complexity index is 2940. The summed E-state index contributed by atoms with van der Waals surface area (Å²) in [6.07, 6.45) is 7.96. The second-order valence-electron chi connectivity index (χ2n) is 18.9. The standard InChI is InChI=1S/C51H61N11O4/c1-33(44-29-41-40(14-19-53-48(41)56(44)2)39-9-12-46(52)54-30-39)60-22-17-37(18-23-60)36-5-7-38(8-6-36)50(65)61-20-15-34(16-21-61)31-58-24-26-59(27-25-58)32-35-4-10-42-45(28-35)57(3)51(66)62(42)43-11-13-47(63)55-49(43)64/h4-10,12,14,19,28-30,33-34,37,43H,11,13,15-18,20-27,31-32H2,1-3H3,(H2,52,54)(H,55,63,64)/t33-,43?/m0/s1/i3D3. The van der Waals surface area contributed by atoms with Crippen molar-refractivity contribution < 1.29 is 18.5 Å². The number of piperazine rings is 1. The Morgan fingerprint density at radius 2 is 1.59 bits per heavy atom. The van der Waals surface area contributed by atoms with Gasteiger partial charge in [0, 0.05) is 118 Å². The highest BCUT2D eigenvalue weighted by atomic mass is 16.2. The molecule has 66 heavy (non-hydrogen) atoms. The van der Waals surface area contributed by atoms with Crippen molar-refractivity contribution in [1.82, 2.24) is 48.6 Å². The van der Waals surface area contributed by atoms with E-state index in [9.17, 15) is 19.2 Å². The van der Waals surface area contributed by atoms with Crippen LogP contribution in [-0.2, 0) is 30.2 Å². The summed E-state index contributed by atoms with van der Waals surface area (Å²) in [5, 5.41) is 3.39. The summed E-state index contributed by atoms with van der Waals surface area (Å²) in [6.45, 7) is 8.14. The lowest BCUT2D eigenvalue weighted by atomic mass is 9.88. The van der Waals surface area contributed by atoms with Crippen LogP contribution in [0.5, 0.6) is 0 Å². The van der Waals surface area contributed by atoms with E-state index in [1.165, 1.54) is 15.8 Å². The number of amides is 3. The molecule has 15 nitrogen and oxygen atoms in total. The number of nitrogens with two attached hydrogens (primary N) is 1. The van der Waals surface area contributed by atoms with Crippen LogP contribution in [0.15, 0.2) is 83.9 Å². The number of nitrogens with one attached hydrogen (secondary N) is 1. The van der Waals surface area contributed by atoms with Crippen molar-refractivity contribution in [1.29, 1.82) is 0 Å². The van der Waals surface area contributed by atoms with E-state index in [2.05, 4.69) is 61.7 Å². The number of carbonyl (C=O) groups is 3. The van der Waals surface area contributed by atoms with Gasteiger partial charge in [0.25, 0.3) is 5.91 Å². The van der Waals surface area contributed by atoms with E-state index in [1.807, 2.05) is 53.7 Å². The second kappa shape index (κ2) is 18.3. The monoisotopic (exact) mass is 895 g/mol. The van der Waals surface area contributed by atoms with Crippen LogP contribution in [0, 0.1) is 5.92 Å². The largest absolute Gasteiger partial charge is 0.384 e. The fraction of sp³-hybridized carbons (Fsp3) is 0.451. The molecule has 344 valence electrons. The molecule has 0 saturated carbocycles. The number of carbonyl (C=O) groups excluding carboxylic acids is 3. The number of hydrogen-bond donors (Lipinski definition) is 2. The first-order valence-electron chi connectivity index (χ1n) is 25.0. The summed E-state index contributed by atoms with van der Waals surface area (Å²) in [6, 6.07) is 21.2. The van der Waals surface area contributed by atoms with Crippen LogP contribution in [0.25, 0.3) is 33.2 Å². The van der Waals surface area contributed by atoms with Crippen LogP contribution >= 0.6 is 0 Å². The average molecular weight is 895 g/mol. The van der Waals surface area contributed by atoms with Crippen LogP contribution in [-0.4, -0.2) is 120 Å². The van der Waals surface area contributed by atoms with Crippen LogP contribution in [0.4, 0.5) is 5.82 Å². The quantitative estimate of drug-likeness (QED) is 0.169. The normalized spacial score (nSPS) is 21.2. The molecule has 4 aromatic heterocycles. The van der Waals surface area contributed by atoms with Crippen LogP contribution in [0.2, 0.25) is 0 Å². The molecule has 4 saturated heterocycles. The zero-order valence-corrected chi connectivity index (χ0v) is 37.9. The summed E-state index contributed by atoms with van der Waals surface area (Å²) in [5.41, 5.74) is 12.9. The summed E-state index contributed by atoms with van der Waals surface area (Å²) in [7, 11) is 2.10. The zero-order chi connectivity index (χ0) is 48.1. The minimum atomic E-state index is -2.75. The van der Waals surface area contributed by atoms with E-state index in [0.717, 1.165) is 122 Å². The molecule has 6 aromatic rings. The maximum atomic E-state index is 13.7. The molecule has 2 aromatic carbocycles. The lowest BCUT2D eigenvalue weighted by Crippen LogP contribution is -2.48. The number of hydrogen-bond acceptors (Lipinski definition) is 10. The minimum absolute atomic E-state index is 0.0743. The van der Waals surface area contributed by atoms with E-state index < -0.39 is 30.5 Å². The number of likely N-dealkylation sites (tertiary alicyclic amines) is 2. The SMILES string of the molecule is [2H]C([2H])([2H])n1c(=O)n(C2CCC(=O)NC2=O)c2ccc(CN3CCN(CC4CCN(C(=O)c5ccc(C6CCN([C@@H](C)c7cc8c(-c9ccc(N)nc9)ccnc8n7C)CC6)cc5)CC4)CC3)cc21. The molecule has 3 amide bonds. The summed E-state index contributed by atoms with van der Waals surface area (Å²) >= 11 is 0. The Kier molecular flexibility index (Phi) is 11.1. The number of imidazole rings is 1. The highest BCUT2D eigenvalue weighted by molar-refractivity contribution is 6.00. The summed E-state index contributed by atoms with van der Waals surface area (Å²) in [5.74, 6) is 0.579. The fourth-order valence-corrected chi connectivity index (χ4v) is 11.0. The molecule has 4 fully saturated rings. The number of nitrogen functional groups attached to an aromatic ring is 1. The maximum Gasteiger partial charge on any atom is 0.329 e. The molecular weight excluding hydrogens is 831 g/mol. The van der Waals surface area contributed by atoms with Gasteiger partial charge in [0.1, 0.15) is 17.5 Å². The number of rotatable bonds is 10. The molecule has 10 rings (SSSR count). The van der Waals surface area contributed by atoms with E-state index in [4.69, 9.17) is 14.8 Å². The van der Waals surface area contributed by atoms with Gasteiger partial charge in [0.2, 0.25) is 11.8 Å². The molecule has 8 heterocycles. The smallest absolute Gasteiger partial charge is 0.329 e. The zero-order valence-electron chi connectivity index (χ0n) is 40.9. The third kappa shape index (κ3) is 8.55. The highest BCUT2D eigenvalue weighted by Crippen LogP contribution is 2.36. The van der Waals surface area contributed by atoms with E-state index >= 15 is 0 Å². The molecule has 0 spiro atoms. The topological polar surface area (TPSA) is 160 Å². The van der Waals surface area contributed by atoms with Gasteiger partial charge in [-0.25, -0.2) is 14.8 Å². The van der Waals surface area contributed by atoms with Crippen molar-refractivity contribution in [3.63, 3.8) is 0 Å². The third-order valence-electron chi connectivity index (χ3n) is 14.9. The molecular formula is C51H61N11O4. The summed E-state index contributed by atoms with van der Waals surface area (Å²) < 4.78 is 28.6. The molecule has 2 atom stereocenters. The predicted octanol–water partition coefficient (Wildman–Crippen LogP) is 5.46. The number of benzene rings is 2. The average Bonchev–Trinajstić information content (AvgIpc) is 3.85. The number of piperidine rings is 3. The molecule has 0 bridgehead atoms. The van der Waals surface area contributed by atoms with Crippen molar-refractivity contribution >= 4 is 45.6 Å². The molecule has 0 radical (unpaired) electrons. The van der Waals surface area contributed by atoms with Gasteiger partial charge in [-0.2, -0.15) is 0 Å². The molecule has 4 aliphatic rings. The van der Waals surface area contributed by atoms with Gasteiger partial charge < -0.3 is 20.1 Å². The van der Waals surface area contributed by atoms with Gasteiger partial charge in [-0.3, -0.25) is 38.6 Å². The number of pyridine rings is 2. The fourth-order valence-electron chi connectivity index (χ4n) is 11.0. The number of aromatic nitrogens is 5. The number of fused-ring (bicyclic) bond motifs is 2. The molecule has 1 unspecified atom stereocenters. The lowest BCUT2D eigenvalue weighted by Gasteiger charge is -2.39. The third-order valence-corrected chi connectivity index (χ3v) is 14.9. The number of anilines is 1. The van der Waals surface area contributed by atoms with Crippen molar-refractivity contribution in [2.45, 2.75) is 70.0 Å². The second-order valence-corrected chi connectivity index (χ2v) is 18.9. The summed E-state index contributed by atoms with van der Waals surface area (Å²) in [4.78, 5) is 70.2. The van der Waals surface area contributed by atoms with Crippen LogP contribution in [0.1, 0.15) is 94.7 Å². The first-order valence-corrected chi connectivity index (χ1v) is 23.5. The van der Waals surface area contributed by atoms with Gasteiger partial charge in [-0.1, -0.05) is 18.2 Å².